The Morgan fingerprint density at radius 1 is 1.20 bits per heavy atom. The molecule has 3 rings (SSSR count). The molecule has 1 aromatic carbocycles. The van der Waals surface area contributed by atoms with Gasteiger partial charge in [-0.05, 0) is 31.0 Å². The number of anilines is 1. The number of benzene rings is 1. The van der Waals surface area contributed by atoms with Gasteiger partial charge in [0.1, 0.15) is 17.8 Å². The number of fused-ring (bicyclic) bond motifs is 1. The third kappa shape index (κ3) is 1.98. The number of hydrogen-bond acceptors (Lipinski definition) is 3. The first-order valence-electron chi connectivity index (χ1n) is 6.39. The molecular formula is C15H15BrN4. The molecule has 0 radical (unpaired) electrons. The standard InChI is InChI=1S/C15H15BrN4/c1-9-10(2)20(7-11-5-3-4-6-12(11)16)15-13(9)14(17)18-8-19-15/h3-6,8H,7H2,1-2H3,(H2,17,18,19). The topological polar surface area (TPSA) is 56.7 Å². The molecule has 0 saturated heterocycles. The molecule has 0 aliphatic heterocycles. The van der Waals surface area contributed by atoms with Gasteiger partial charge in [-0.3, -0.25) is 0 Å². The van der Waals surface area contributed by atoms with Crippen LogP contribution < -0.4 is 5.73 Å². The van der Waals surface area contributed by atoms with Gasteiger partial charge >= 0.3 is 0 Å². The van der Waals surface area contributed by atoms with Crippen molar-refractivity contribution in [2.45, 2.75) is 20.4 Å². The van der Waals surface area contributed by atoms with Gasteiger partial charge in [0, 0.05) is 10.2 Å². The molecule has 20 heavy (non-hydrogen) atoms. The number of hydrogen-bond donors (Lipinski definition) is 1. The summed E-state index contributed by atoms with van der Waals surface area (Å²) in [5.41, 5.74) is 10.4. The lowest BCUT2D eigenvalue weighted by Gasteiger charge is -2.09. The SMILES string of the molecule is Cc1c(C)n(Cc2ccccc2Br)c2ncnc(N)c12. The Hall–Kier alpha value is -1.88. The van der Waals surface area contributed by atoms with Gasteiger partial charge in [0.2, 0.25) is 0 Å². The van der Waals surface area contributed by atoms with Crippen LogP contribution in [0.25, 0.3) is 11.0 Å². The quantitative estimate of drug-likeness (QED) is 0.783. The predicted octanol–water partition coefficient (Wildman–Crippen LogP) is 3.44. The van der Waals surface area contributed by atoms with E-state index < -0.39 is 0 Å². The second-order valence-electron chi connectivity index (χ2n) is 4.85. The largest absolute Gasteiger partial charge is 0.383 e. The third-order valence-electron chi connectivity index (χ3n) is 3.72. The highest BCUT2D eigenvalue weighted by Gasteiger charge is 2.15. The van der Waals surface area contributed by atoms with Crippen LogP contribution in [0.2, 0.25) is 0 Å². The molecule has 0 unspecified atom stereocenters. The summed E-state index contributed by atoms with van der Waals surface area (Å²) in [5.74, 6) is 0.543. The van der Waals surface area contributed by atoms with E-state index >= 15 is 0 Å². The lowest BCUT2D eigenvalue weighted by molar-refractivity contribution is 0.787. The van der Waals surface area contributed by atoms with E-state index in [-0.39, 0.29) is 0 Å². The Kier molecular flexibility index (Phi) is 3.22. The predicted molar refractivity (Wildman–Crippen MR) is 84.7 cm³/mol. The summed E-state index contributed by atoms with van der Waals surface area (Å²) in [7, 11) is 0. The maximum atomic E-state index is 5.99. The summed E-state index contributed by atoms with van der Waals surface area (Å²) in [6.07, 6.45) is 1.52. The third-order valence-corrected chi connectivity index (χ3v) is 4.49. The van der Waals surface area contributed by atoms with Crippen LogP contribution in [0, 0.1) is 13.8 Å². The zero-order valence-electron chi connectivity index (χ0n) is 11.4. The van der Waals surface area contributed by atoms with Crippen LogP contribution in [0.1, 0.15) is 16.8 Å². The Morgan fingerprint density at radius 2 is 1.95 bits per heavy atom. The summed E-state index contributed by atoms with van der Waals surface area (Å²) >= 11 is 3.59. The molecule has 2 aromatic heterocycles. The maximum absolute atomic E-state index is 5.99. The van der Waals surface area contributed by atoms with Gasteiger partial charge < -0.3 is 10.3 Å². The summed E-state index contributed by atoms with van der Waals surface area (Å²) in [6, 6.07) is 8.21. The number of nitrogens with two attached hydrogens (primary N) is 1. The summed E-state index contributed by atoms with van der Waals surface area (Å²) in [6.45, 7) is 4.91. The molecular weight excluding hydrogens is 316 g/mol. The van der Waals surface area contributed by atoms with Crippen molar-refractivity contribution in [3.8, 4) is 0 Å². The molecule has 0 spiro atoms. The maximum Gasteiger partial charge on any atom is 0.146 e. The average Bonchev–Trinajstić information content (AvgIpc) is 2.67. The van der Waals surface area contributed by atoms with E-state index in [9.17, 15) is 0 Å². The fraction of sp³-hybridized carbons (Fsp3) is 0.200. The second-order valence-corrected chi connectivity index (χ2v) is 5.70. The summed E-state index contributed by atoms with van der Waals surface area (Å²) in [5, 5.41) is 0.956. The molecule has 0 fully saturated rings. The molecule has 4 nitrogen and oxygen atoms in total. The van der Waals surface area contributed by atoms with Gasteiger partial charge in [-0.1, -0.05) is 34.1 Å². The Labute approximate surface area is 125 Å². The number of nitrogens with zero attached hydrogens (tertiary/aromatic N) is 3. The van der Waals surface area contributed by atoms with Crippen molar-refractivity contribution < 1.29 is 0 Å². The Morgan fingerprint density at radius 3 is 2.70 bits per heavy atom. The minimum atomic E-state index is 0.543. The Balaban J connectivity index is 2.20. The molecule has 5 heteroatoms. The van der Waals surface area contributed by atoms with Gasteiger partial charge in [-0.15, -0.1) is 0 Å². The molecule has 0 bridgehead atoms. The van der Waals surface area contributed by atoms with Crippen LogP contribution in [-0.2, 0) is 6.54 Å². The molecule has 3 aromatic rings. The van der Waals surface area contributed by atoms with Crippen molar-refractivity contribution in [1.29, 1.82) is 0 Å². The van der Waals surface area contributed by atoms with Crippen LogP contribution in [-0.4, -0.2) is 14.5 Å². The molecule has 0 aliphatic carbocycles. The minimum absolute atomic E-state index is 0.543. The molecule has 2 N–H and O–H groups in total. The van der Waals surface area contributed by atoms with E-state index in [0.717, 1.165) is 27.6 Å². The van der Waals surface area contributed by atoms with Crippen LogP contribution in [0.4, 0.5) is 5.82 Å². The zero-order valence-corrected chi connectivity index (χ0v) is 13.0. The van der Waals surface area contributed by atoms with Crippen LogP contribution >= 0.6 is 15.9 Å². The van der Waals surface area contributed by atoms with E-state index in [4.69, 9.17) is 5.73 Å². The van der Waals surface area contributed by atoms with E-state index in [2.05, 4.69) is 50.4 Å². The highest BCUT2D eigenvalue weighted by molar-refractivity contribution is 9.10. The smallest absolute Gasteiger partial charge is 0.146 e. The van der Waals surface area contributed by atoms with Gasteiger partial charge in [-0.2, -0.15) is 0 Å². The zero-order chi connectivity index (χ0) is 14.3. The van der Waals surface area contributed by atoms with Crippen molar-refractivity contribution in [1.82, 2.24) is 14.5 Å². The Bertz CT molecular complexity index is 792. The lowest BCUT2D eigenvalue weighted by atomic mass is 10.2. The van der Waals surface area contributed by atoms with Crippen molar-refractivity contribution in [2.24, 2.45) is 0 Å². The van der Waals surface area contributed by atoms with Crippen LogP contribution in [0.3, 0.4) is 0 Å². The van der Waals surface area contributed by atoms with Gasteiger partial charge in [-0.25, -0.2) is 9.97 Å². The van der Waals surface area contributed by atoms with E-state index in [1.54, 1.807) is 0 Å². The fourth-order valence-corrected chi connectivity index (χ4v) is 2.90. The highest BCUT2D eigenvalue weighted by atomic mass is 79.9. The lowest BCUT2D eigenvalue weighted by Crippen LogP contribution is -2.04. The van der Waals surface area contributed by atoms with Crippen molar-refractivity contribution in [3.63, 3.8) is 0 Å². The average molecular weight is 331 g/mol. The molecule has 0 atom stereocenters. The first-order valence-corrected chi connectivity index (χ1v) is 7.18. The molecule has 102 valence electrons. The van der Waals surface area contributed by atoms with E-state index in [1.165, 1.54) is 17.6 Å². The first kappa shape index (κ1) is 13.1. The van der Waals surface area contributed by atoms with Gasteiger partial charge in [0.15, 0.2) is 0 Å². The number of halogens is 1. The normalized spacial score (nSPS) is 11.2. The van der Waals surface area contributed by atoms with Crippen LogP contribution in [0.15, 0.2) is 35.1 Å². The van der Waals surface area contributed by atoms with Gasteiger partial charge in [0.25, 0.3) is 0 Å². The number of aryl methyl sites for hydroxylation is 1. The van der Waals surface area contributed by atoms with Crippen molar-refractivity contribution >= 4 is 32.8 Å². The number of aromatic nitrogens is 3. The highest BCUT2D eigenvalue weighted by Crippen LogP contribution is 2.28. The molecule has 0 saturated carbocycles. The summed E-state index contributed by atoms with van der Waals surface area (Å²) < 4.78 is 3.28. The van der Waals surface area contributed by atoms with Crippen molar-refractivity contribution in [3.05, 3.63) is 51.9 Å². The van der Waals surface area contributed by atoms with Crippen LogP contribution in [0.5, 0.6) is 0 Å². The monoisotopic (exact) mass is 330 g/mol. The minimum Gasteiger partial charge on any atom is -0.383 e. The van der Waals surface area contributed by atoms with E-state index in [0.29, 0.717) is 5.82 Å². The molecule has 0 amide bonds. The van der Waals surface area contributed by atoms with Crippen molar-refractivity contribution in [2.75, 3.05) is 5.73 Å². The number of rotatable bonds is 2. The fourth-order valence-electron chi connectivity index (χ4n) is 2.49. The molecule has 2 heterocycles. The summed E-state index contributed by atoms with van der Waals surface area (Å²) in [4.78, 5) is 8.50. The first-order chi connectivity index (χ1) is 9.59. The van der Waals surface area contributed by atoms with Gasteiger partial charge in [0.05, 0.1) is 11.9 Å². The second kappa shape index (κ2) is 4.90. The number of nitrogen functional groups attached to an aromatic ring is 1. The van der Waals surface area contributed by atoms with E-state index in [1.807, 2.05) is 18.2 Å². The molecule has 0 aliphatic rings.